The standard InChI is InChI=1S/C18H26N6O/c25-18(9-8-14-5-1-2-6-14)20-15-11-19-23(12-15)13-17-22-21-16-7-3-4-10-24(16)17/h11-12,14H,1-10,13H2,(H,20,25). The van der Waals surface area contributed by atoms with Crippen LogP contribution in [0.25, 0.3) is 0 Å². The maximum atomic E-state index is 12.1. The molecule has 0 spiro atoms. The van der Waals surface area contributed by atoms with Crippen molar-refractivity contribution < 1.29 is 4.79 Å². The van der Waals surface area contributed by atoms with Gasteiger partial charge in [-0.05, 0) is 25.2 Å². The zero-order valence-electron chi connectivity index (χ0n) is 14.7. The lowest BCUT2D eigenvalue weighted by Gasteiger charge is -2.14. The van der Waals surface area contributed by atoms with Gasteiger partial charge in [-0.3, -0.25) is 9.48 Å². The molecule has 1 saturated carbocycles. The highest BCUT2D eigenvalue weighted by atomic mass is 16.1. The Morgan fingerprint density at radius 3 is 2.96 bits per heavy atom. The number of anilines is 1. The summed E-state index contributed by atoms with van der Waals surface area (Å²) in [6.45, 7) is 1.58. The Balaban J connectivity index is 1.31. The summed E-state index contributed by atoms with van der Waals surface area (Å²) in [7, 11) is 0. The molecule has 2 aromatic heterocycles. The number of aryl methyl sites for hydroxylation is 1. The molecule has 7 nitrogen and oxygen atoms in total. The number of hydrogen-bond donors (Lipinski definition) is 1. The molecule has 1 aliphatic heterocycles. The van der Waals surface area contributed by atoms with Crippen molar-refractivity contribution in [3.05, 3.63) is 24.0 Å². The van der Waals surface area contributed by atoms with Crippen LogP contribution < -0.4 is 5.32 Å². The molecule has 4 rings (SSSR count). The largest absolute Gasteiger partial charge is 0.323 e. The molecule has 134 valence electrons. The molecule has 0 unspecified atom stereocenters. The molecule has 2 aromatic rings. The van der Waals surface area contributed by atoms with E-state index in [0.29, 0.717) is 13.0 Å². The van der Waals surface area contributed by atoms with Gasteiger partial charge in [-0.15, -0.1) is 10.2 Å². The molecule has 0 atom stereocenters. The number of fused-ring (bicyclic) bond motifs is 1. The van der Waals surface area contributed by atoms with E-state index < -0.39 is 0 Å². The van der Waals surface area contributed by atoms with E-state index in [1.165, 1.54) is 38.5 Å². The average Bonchev–Trinajstić information content (AvgIpc) is 3.36. The Morgan fingerprint density at radius 1 is 1.20 bits per heavy atom. The summed E-state index contributed by atoms with van der Waals surface area (Å²) in [5.74, 6) is 2.85. The quantitative estimate of drug-likeness (QED) is 0.875. The van der Waals surface area contributed by atoms with Gasteiger partial charge in [0.15, 0.2) is 5.82 Å². The minimum atomic E-state index is 0.0892. The van der Waals surface area contributed by atoms with Crippen molar-refractivity contribution in [2.75, 3.05) is 5.32 Å². The first-order valence-electron chi connectivity index (χ1n) is 9.51. The molecule has 3 heterocycles. The van der Waals surface area contributed by atoms with Crippen LogP contribution in [0.2, 0.25) is 0 Å². The number of nitrogens with zero attached hydrogens (tertiary/aromatic N) is 5. The van der Waals surface area contributed by atoms with Crippen LogP contribution in [0.1, 0.15) is 63.0 Å². The first-order valence-corrected chi connectivity index (χ1v) is 9.51. The van der Waals surface area contributed by atoms with Gasteiger partial charge in [0.2, 0.25) is 5.91 Å². The summed E-state index contributed by atoms with van der Waals surface area (Å²) < 4.78 is 4.02. The molecule has 0 radical (unpaired) electrons. The fraction of sp³-hybridized carbons (Fsp3) is 0.667. The van der Waals surface area contributed by atoms with E-state index >= 15 is 0 Å². The fourth-order valence-corrected chi connectivity index (χ4v) is 4.00. The summed E-state index contributed by atoms with van der Waals surface area (Å²) in [6, 6.07) is 0. The van der Waals surface area contributed by atoms with Gasteiger partial charge < -0.3 is 9.88 Å². The molecule has 1 fully saturated rings. The van der Waals surface area contributed by atoms with Crippen LogP contribution in [0.5, 0.6) is 0 Å². The van der Waals surface area contributed by atoms with E-state index in [4.69, 9.17) is 0 Å². The summed E-state index contributed by atoms with van der Waals surface area (Å²) in [5, 5.41) is 15.9. The van der Waals surface area contributed by atoms with Crippen LogP contribution in [0.3, 0.4) is 0 Å². The van der Waals surface area contributed by atoms with E-state index in [1.54, 1.807) is 6.20 Å². The third-order valence-electron chi connectivity index (χ3n) is 5.41. The van der Waals surface area contributed by atoms with Crippen molar-refractivity contribution in [1.82, 2.24) is 24.5 Å². The smallest absolute Gasteiger partial charge is 0.224 e. The zero-order chi connectivity index (χ0) is 17.1. The van der Waals surface area contributed by atoms with Crippen molar-refractivity contribution in [2.45, 2.75) is 70.9 Å². The van der Waals surface area contributed by atoms with Crippen molar-refractivity contribution >= 4 is 11.6 Å². The topological polar surface area (TPSA) is 77.6 Å². The van der Waals surface area contributed by atoms with Gasteiger partial charge in [0.05, 0.1) is 11.9 Å². The lowest BCUT2D eigenvalue weighted by atomic mass is 10.0. The summed E-state index contributed by atoms with van der Waals surface area (Å²) in [5.41, 5.74) is 0.759. The second-order valence-corrected chi connectivity index (χ2v) is 7.31. The molecule has 7 heteroatoms. The number of hydrogen-bond acceptors (Lipinski definition) is 4. The van der Waals surface area contributed by atoms with Gasteiger partial charge in [0.25, 0.3) is 0 Å². The molecular weight excluding hydrogens is 316 g/mol. The number of carbonyl (C=O) groups excluding carboxylic acids is 1. The highest BCUT2D eigenvalue weighted by molar-refractivity contribution is 5.90. The highest BCUT2D eigenvalue weighted by Crippen LogP contribution is 2.28. The van der Waals surface area contributed by atoms with Crippen LogP contribution in [-0.2, 0) is 24.3 Å². The van der Waals surface area contributed by atoms with Crippen molar-refractivity contribution in [2.24, 2.45) is 5.92 Å². The van der Waals surface area contributed by atoms with Crippen LogP contribution >= 0.6 is 0 Å². The van der Waals surface area contributed by atoms with Crippen LogP contribution in [0, 0.1) is 5.92 Å². The van der Waals surface area contributed by atoms with Gasteiger partial charge in [0, 0.05) is 25.6 Å². The van der Waals surface area contributed by atoms with Gasteiger partial charge in [-0.1, -0.05) is 25.7 Å². The minimum absolute atomic E-state index is 0.0892. The van der Waals surface area contributed by atoms with Crippen LogP contribution in [0.4, 0.5) is 5.69 Å². The van der Waals surface area contributed by atoms with Gasteiger partial charge in [-0.2, -0.15) is 5.10 Å². The Hall–Kier alpha value is -2.18. The fourth-order valence-electron chi connectivity index (χ4n) is 4.00. The zero-order valence-corrected chi connectivity index (χ0v) is 14.7. The molecule has 0 saturated heterocycles. The summed E-state index contributed by atoms with van der Waals surface area (Å²) in [4.78, 5) is 12.1. The lowest BCUT2D eigenvalue weighted by molar-refractivity contribution is -0.116. The molecule has 25 heavy (non-hydrogen) atoms. The molecule has 0 aromatic carbocycles. The molecule has 0 bridgehead atoms. The Kier molecular flexibility index (Phi) is 4.81. The molecule has 2 aliphatic rings. The maximum Gasteiger partial charge on any atom is 0.224 e. The lowest BCUT2D eigenvalue weighted by Crippen LogP contribution is -2.15. The SMILES string of the molecule is O=C(CCC1CCCC1)Nc1cnn(Cc2nnc3n2CCCC3)c1. The van der Waals surface area contributed by atoms with E-state index in [-0.39, 0.29) is 5.91 Å². The summed E-state index contributed by atoms with van der Waals surface area (Å²) in [6.07, 6.45) is 13.8. The number of rotatable bonds is 6. The Labute approximate surface area is 147 Å². The molecule has 1 aliphatic carbocycles. The van der Waals surface area contributed by atoms with Crippen LogP contribution in [-0.4, -0.2) is 30.5 Å². The first-order chi connectivity index (χ1) is 12.3. The van der Waals surface area contributed by atoms with Crippen LogP contribution in [0.15, 0.2) is 12.4 Å². The Bertz CT molecular complexity index is 728. The van der Waals surface area contributed by atoms with E-state index in [0.717, 1.165) is 42.6 Å². The van der Waals surface area contributed by atoms with Gasteiger partial charge in [0.1, 0.15) is 12.4 Å². The number of amides is 1. The third-order valence-corrected chi connectivity index (χ3v) is 5.41. The second kappa shape index (κ2) is 7.37. The minimum Gasteiger partial charge on any atom is -0.323 e. The van der Waals surface area contributed by atoms with Crippen molar-refractivity contribution in [3.8, 4) is 0 Å². The van der Waals surface area contributed by atoms with Gasteiger partial charge >= 0.3 is 0 Å². The highest BCUT2D eigenvalue weighted by Gasteiger charge is 2.17. The first kappa shape index (κ1) is 16.3. The van der Waals surface area contributed by atoms with Crippen molar-refractivity contribution in [1.29, 1.82) is 0 Å². The normalized spacial score (nSPS) is 17.6. The predicted octanol–water partition coefficient (Wildman–Crippen LogP) is 2.77. The van der Waals surface area contributed by atoms with E-state index in [9.17, 15) is 4.79 Å². The average molecular weight is 342 g/mol. The van der Waals surface area contributed by atoms with Gasteiger partial charge in [-0.25, -0.2) is 0 Å². The maximum absolute atomic E-state index is 12.1. The number of nitrogens with one attached hydrogen (secondary N) is 1. The molecule has 1 N–H and O–H groups in total. The number of carbonyl (C=O) groups is 1. The summed E-state index contributed by atoms with van der Waals surface area (Å²) >= 11 is 0. The van der Waals surface area contributed by atoms with Crippen molar-refractivity contribution in [3.63, 3.8) is 0 Å². The number of aromatic nitrogens is 5. The second-order valence-electron chi connectivity index (χ2n) is 7.31. The molecular formula is C18H26N6O. The Morgan fingerprint density at radius 2 is 2.08 bits per heavy atom. The molecule has 1 amide bonds. The third kappa shape index (κ3) is 3.91. The predicted molar refractivity (Wildman–Crippen MR) is 94.1 cm³/mol. The monoisotopic (exact) mass is 342 g/mol. The van der Waals surface area contributed by atoms with E-state index in [2.05, 4.69) is 25.2 Å². The van der Waals surface area contributed by atoms with E-state index in [1.807, 2.05) is 10.9 Å².